The zero-order chi connectivity index (χ0) is 24.1. The van der Waals surface area contributed by atoms with Gasteiger partial charge in [0.15, 0.2) is 0 Å². The van der Waals surface area contributed by atoms with Crippen LogP contribution in [0.2, 0.25) is 0 Å². The molecule has 0 aliphatic heterocycles. The summed E-state index contributed by atoms with van der Waals surface area (Å²) in [5, 5.41) is 20.0. The monoisotopic (exact) mass is 462 g/mol. The van der Waals surface area contributed by atoms with E-state index < -0.39 is 23.3 Å². The molecule has 0 spiro atoms. The van der Waals surface area contributed by atoms with Crippen LogP contribution >= 0.6 is 0 Å². The van der Waals surface area contributed by atoms with Gasteiger partial charge in [-0.3, -0.25) is 4.79 Å². The third-order valence-electron chi connectivity index (χ3n) is 5.76. The summed E-state index contributed by atoms with van der Waals surface area (Å²) in [5.74, 6) is -0.538. The van der Waals surface area contributed by atoms with Crippen molar-refractivity contribution >= 4 is 5.97 Å². The average Bonchev–Trinajstić information content (AvgIpc) is 3.38. The number of carbonyl (C=O) groups is 1. The molecule has 2 aromatic carbocycles. The van der Waals surface area contributed by atoms with E-state index in [1.54, 1.807) is 54.9 Å². The largest absolute Gasteiger partial charge is 0.481 e. The fourth-order valence-corrected chi connectivity index (χ4v) is 3.94. The van der Waals surface area contributed by atoms with E-state index in [-0.39, 0.29) is 12.4 Å². The van der Waals surface area contributed by atoms with Crippen molar-refractivity contribution in [1.29, 1.82) is 0 Å². The number of nitrogens with zero attached hydrogens (tertiary/aromatic N) is 3. The molecule has 2 unspecified atom stereocenters. The highest BCUT2D eigenvalue weighted by Crippen LogP contribution is 2.38. The Labute approximate surface area is 195 Å². The molecule has 34 heavy (non-hydrogen) atoms. The molecule has 3 N–H and O–H groups in total. The molecule has 0 saturated heterocycles. The second-order valence-electron chi connectivity index (χ2n) is 7.79. The van der Waals surface area contributed by atoms with Gasteiger partial charge in [-0.25, -0.2) is 14.4 Å². The molecule has 2 heterocycles. The number of aromatic nitrogens is 4. The van der Waals surface area contributed by atoms with E-state index >= 15 is 0 Å². The number of imidazole rings is 1. The zero-order valence-corrected chi connectivity index (χ0v) is 18.4. The van der Waals surface area contributed by atoms with Gasteiger partial charge in [0.1, 0.15) is 23.5 Å². The van der Waals surface area contributed by atoms with E-state index in [1.165, 1.54) is 18.3 Å². The molecule has 0 fully saturated rings. The van der Waals surface area contributed by atoms with Gasteiger partial charge >= 0.3 is 12.0 Å². The van der Waals surface area contributed by atoms with Crippen molar-refractivity contribution in [3.05, 3.63) is 102 Å². The van der Waals surface area contributed by atoms with Crippen LogP contribution in [0.3, 0.4) is 0 Å². The van der Waals surface area contributed by atoms with E-state index in [1.807, 2.05) is 6.92 Å². The molecule has 0 aliphatic carbocycles. The minimum Gasteiger partial charge on any atom is -0.481 e. The predicted octanol–water partition coefficient (Wildman–Crippen LogP) is 4.38. The van der Waals surface area contributed by atoms with Crippen LogP contribution in [0.25, 0.3) is 0 Å². The lowest BCUT2D eigenvalue weighted by atomic mass is 9.72. The van der Waals surface area contributed by atoms with Crippen LogP contribution < -0.4 is 4.74 Å². The first-order chi connectivity index (χ1) is 16.4. The van der Waals surface area contributed by atoms with Crippen LogP contribution in [0.15, 0.2) is 73.2 Å². The quantitative estimate of drug-likeness (QED) is 0.337. The highest BCUT2D eigenvalue weighted by atomic mass is 19.1. The summed E-state index contributed by atoms with van der Waals surface area (Å²) in [6.45, 7) is 1.86. The van der Waals surface area contributed by atoms with Crippen molar-refractivity contribution in [2.24, 2.45) is 0 Å². The fourth-order valence-electron chi connectivity index (χ4n) is 3.94. The number of aliphatic hydroxyl groups excluding tert-OH is 1. The summed E-state index contributed by atoms with van der Waals surface area (Å²) in [4.78, 5) is 27.4. The molecular formula is C25H23FN4O4. The molecular weight excluding hydrogens is 439 g/mol. The lowest BCUT2D eigenvalue weighted by Crippen LogP contribution is -2.31. The van der Waals surface area contributed by atoms with Crippen molar-refractivity contribution in [1.82, 2.24) is 19.9 Å². The van der Waals surface area contributed by atoms with Crippen molar-refractivity contribution in [2.45, 2.75) is 31.3 Å². The Kier molecular flexibility index (Phi) is 6.65. The first kappa shape index (κ1) is 23.1. The van der Waals surface area contributed by atoms with Crippen LogP contribution in [-0.4, -0.2) is 36.1 Å². The Hall–Kier alpha value is -4.11. The Morgan fingerprint density at radius 3 is 2.44 bits per heavy atom. The lowest BCUT2D eigenvalue weighted by molar-refractivity contribution is -0.138. The SMILES string of the molecule is CCC(CC(=O)O)(c1ccc(F)cc1)c1ccnc(Oc2ccc(C(O)c3ncc[nH]3)cc2)n1. The number of aliphatic carboxylic acids is 1. The van der Waals surface area contributed by atoms with Gasteiger partial charge in [-0.1, -0.05) is 31.2 Å². The van der Waals surface area contributed by atoms with Gasteiger partial charge in [-0.15, -0.1) is 0 Å². The smallest absolute Gasteiger partial charge is 0.322 e. The standard InChI is InChI=1S/C25H23FN4O4/c1-2-25(15-21(31)32,17-5-7-18(26)8-6-17)20-11-12-29-24(30-20)34-19-9-3-16(4-10-19)22(33)23-27-13-14-28-23/h3-14,22,33H,2,15H2,1H3,(H,27,28)(H,31,32). The van der Waals surface area contributed by atoms with Gasteiger partial charge in [-0.2, -0.15) is 4.98 Å². The third kappa shape index (κ3) is 4.79. The molecule has 0 aliphatic rings. The van der Waals surface area contributed by atoms with Crippen LogP contribution in [0.4, 0.5) is 4.39 Å². The maximum absolute atomic E-state index is 13.5. The lowest BCUT2D eigenvalue weighted by Gasteiger charge is -2.31. The van der Waals surface area contributed by atoms with Gasteiger partial charge in [0.2, 0.25) is 0 Å². The molecule has 2 atom stereocenters. The van der Waals surface area contributed by atoms with Gasteiger partial charge in [0, 0.05) is 24.0 Å². The summed E-state index contributed by atoms with van der Waals surface area (Å²) < 4.78 is 19.3. The van der Waals surface area contributed by atoms with E-state index in [0.29, 0.717) is 34.8 Å². The maximum Gasteiger partial charge on any atom is 0.322 e. The van der Waals surface area contributed by atoms with E-state index in [2.05, 4.69) is 19.9 Å². The second kappa shape index (κ2) is 9.80. The molecule has 4 rings (SSSR count). The molecule has 8 nitrogen and oxygen atoms in total. The summed E-state index contributed by atoms with van der Waals surface area (Å²) >= 11 is 0. The Bertz CT molecular complexity index is 1250. The van der Waals surface area contributed by atoms with Crippen LogP contribution in [0.1, 0.15) is 48.5 Å². The number of carboxylic acid groups (broad SMARTS) is 1. The second-order valence-corrected chi connectivity index (χ2v) is 7.79. The Balaban J connectivity index is 1.62. The molecule has 0 bridgehead atoms. The van der Waals surface area contributed by atoms with Crippen LogP contribution in [-0.2, 0) is 10.2 Å². The zero-order valence-electron chi connectivity index (χ0n) is 18.4. The normalized spacial score (nSPS) is 13.7. The van der Waals surface area contributed by atoms with Crippen molar-refractivity contribution in [2.75, 3.05) is 0 Å². The summed E-state index contributed by atoms with van der Waals surface area (Å²) in [7, 11) is 0. The summed E-state index contributed by atoms with van der Waals surface area (Å²) in [6, 6.07) is 14.2. The molecule has 0 amide bonds. The van der Waals surface area contributed by atoms with E-state index in [4.69, 9.17) is 4.74 Å². The van der Waals surface area contributed by atoms with E-state index in [0.717, 1.165) is 0 Å². The molecule has 2 aromatic heterocycles. The topological polar surface area (TPSA) is 121 Å². The number of halogens is 1. The molecule has 0 radical (unpaired) electrons. The number of hydrogen-bond donors (Lipinski definition) is 3. The van der Waals surface area contributed by atoms with Crippen molar-refractivity contribution in [3.8, 4) is 11.8 Å². The number of hydrogen-bond acceptors (Lipinski definition) is 6. The highest BCUT2D eigenvalue weighted by molar-refractivity contribution is 5.70. The minimum absolute atomic E-state index is 0.0437. The summed E-state index contributed by atoms with van der Waals surface area (Å²) in [6.07, 6.45) is 3.98. The fraction of sp³-hybridized carbons (Fsp3) is 0.200. The van der Waals surface area contributed by atoms with Crippen LogP contribution in [0.5, 0.6) is 11.8 Å². The number of rotatable bonds is 9. The van der Waals surface area contributed by atoms with Crippen LogP contribution in [0, 0.1) is 5.82 Å². The van der Waals surface area contributed by atoms with Gasteiger partial charge in [0.25, 0.3) is 0 Å². The van der Waals surface area contributed by atoms with E-state index in [9.17, 15) is 19.4 Å². The Morgan fingerprint density at radius 2 is 1.82 bits per heavy atom. The maximum atomic E-state index is 13.5. The number of benzene rings is 2. The summed E-state index contributed by atoms with van der Waals surface area (Å²) in [5.41, 5.74) is 0.732. The first-order valence-electron chi connectivity index (χ1n) is 10.7. The van der Waals surface area contributed by atoms with Crippen molar-refractivity contribution < 1.29 is 24.1 Å². The number of aromatic amines is 1. The molecule has 174 valence electrons. The average molecular weight is 462 g/mol. The number of H-pyrrole nitrogens is 1. The van der Waals surface area contributed by atoms with Gasteiger partial charge in [0.05, 0.1) is 12.1 Å². The minimum atomic E-state index is -1.00. The molecule has 0 saturated carbocycles. The number of carboxylic acids is 1. The number of ether oxygens (including phenoxy) is 1. The highest BCUT2D eigenvalue weighted by Gasteiger charge is 2.37. The Morgan fingerprint density at radius 1 is 1.09 bits per heavy atom. The molecule has 4 aromatic rings. The predicted molar refractivity (Wildman–Crippen MR) is 121 cm³/mol. The van der Waals surface area contributed by atoms with Crippen molar-refractivity contribution in [3.63, 3.8) is 0 Å². The van der Waals surface area contributed by atoms with Gasteiger partial charge in [-0.05, 0) is 47.9 Å². The first-order valence-corrected chi connectivity index (χ1v) is 10.7. The number of aliphatic hydroxyl groups is 1. The molecule has 9 heteroatoms. The van der Waals surface area contributed by atoms with Gasteiger partial charge < -0.3 is 19.9 Å². The third-order valence-corrected chi connectivity index (χ3v) is 5.76. The number of nitrogens with one attached hydrogen (secondary N) is 1.